The lowest BCUT2D eigenvalue weighted by molar-refractivity contribution is 1.28. The van der Waals surface area contributed by atoms with Gasteiger partial charge in [0.15, 0.2) is 0 Å². The molecule has 1 aromatic rings. The molecule has 1 heterocycles. The summed E-state index contributed by atoms with van der Waals surface area (Å²) in [6, 6.07) is 4.10. The molecule has 0 aliphatic rings. The van der Waals surface area contributed by atoms with E-state index in [0.717, 1.165) is 5.33 Å². The first-order chi connectivity index (χ1) is 5.33. The first kappa shape index (κ1) is 9.30. The monoisotopic (exact) mass is 250 g/mol. The van der Waals surface area contributed by atoms with E-state index in [1.807, 2.05) is 18.2 Å². The molecular formula is C8H8BrClS. The van der Waals surface area contributed by atoms with Gasteiger partial charge >= 0.3 is 0 Å². The molecule has 0 bridgehead atoms. The minimum atomic E-state index is 0.0945. The van der Waals surface area contributed by atoms with Gasteiger partial charge in [0.1, 0.15) is 0 Å². The summed E-state index contributed by atoms with van der Waals surface area (Å²) in [7, 11) is 0. The van der Waals surface area contributed by atoms with Crippen LogP contribution in [0.2, 0.25) is 0 Å². The summed E-state index contributed by atoms with van der Waals surface area (Å²) in [6.07, 6.45) is 4.03. The molecule has 0 aromatic carbocycles. The van der Waals surface area contributed by atoms with Crippen LogP contribution in [0, 0.1) is 0 Å². The molecule has 0 aliphatic heterocycles. The number of hydrogen-bond donors (Lipinski definition) is 0. The SMILES string of the molecule is ClC(C=Cc1cccs1)CBr. The zero-order valence-corrected chi connectivity index (χ0v) is 8.99. The number of hydrogen-bond acceptors (Lipinski definition) is 1. The van der Waals surface area contributed by atoms with Gasteiger partial charge in [0.05, 0.1) is 5.38 Å². The van der Waals surface area contributed by atoms with Crippen LogP contribution in [0.5, 0.6) is 0 Å². The molecular weight excluding hydrogens is 244 g/mol. The normalized spacial score (nSPS) is 14.0. The average molecular weight is 252 g/mol. The van der Waals surface area contributed by atoms with Crippen molar-refractivity contribution < 1.29 is 0 Å². The molecule has 1 atom stereocenters. The predicted molar refractivity (Wildman–Crippen MR) is 56.8 cm³/mol. The quantitative estimate of drug-likeness (QED) is 0.718. The third-order valence-electron chi connectivity index (χ3n) is 1.16. The van der Waals surface area contributed by atoms with Crippen LogP contribution in [0.15, 0.2) is 23.6 Å². The maximum absolute atomic E-state index is 5.85. The molecule has 0 fully saturated rings. The summed E-state index contributed by atoms with van der Waals surface area (Å²) >= 11 is 10.9. The van der Waals surface area contributed by atoms with E-state index in [0.29, 0.717) is 0 Å². The maximum atomic E-state index is 5.85. The summed E-state index contributed by atoms with van der Waals surface area (Å²) < 4.78 is 0. The van der Waals surface area contributed by atoms with Crippen LogP contribution in [0.1, 0.15) is 4.88 Å². The molecule has 0 nitrogen and oxygen atoms in total. The number of allylic oxidation sites excluding steroid dienone is 1. The molecule has 0 spiro atoms. The molecule has 11 heavy (non-hydrogen) atoms. The second-order valence-corrected chi connectivity index (χ2v) is 4.23. The Hall–Kier alpha value is 0.210. The summed E-state index contributed by atoms with van der Waals surface area (Å²) in [4.78, 5) is 1.25. The van der Waals surface area contributed by atoms with Gasteiger partial charge in [0, 0.05) is 10.2 Å². The second-order valence-electron chi connectivity index (χ2n) is 2.04. The molecule has 0 N–H and O–H groups in total. The summed E-state index contributed by atoms with van der Waals surface area (Å²) in [6.45, 7) is 0. The Balaban J connectivity index is 2.48. The van der Waals surface area contributed by atoms with Gasteiger partial charge in [0.2, 0.25) is 0 Å². The van der Waals surface area contributed by atoms with E-state index in [1.165, 1.54) is 4.88 Å². The van der Waals surface area contributed by atoms with E-state index >= 15 is 0 Å². The van der Waals surface area contributed by atoms with Gasteiger partial charge in [-0.3, -0.25) is 0 Å². The van der Waals surface area contributed by atoms with Crippen molar-refractivity contribution in [3.63, 3.8) is 0 Å². The number of halogens is 2. The third-order valence-corrected chi connectivity index (χ3v) is 3.37. The number of thiophene rings is 1. The van der Waals surface area contributed by atoms with E-state index in [-0.39, 0.29) is 5.38 Å². The smallest absolute Gasteiger partial charge is 0.0616 e. The minimum Gasteiger partial charge on any atom is -0.144 e. The van der Waals surface area contributed by atoms with Crippen molar-refractivity contribution in [2.45, 2.75) is 5.38 Å². The van der Waals surface area contributed by atoms with Crippen molar-refractivity contribution in [3.05, 3.63) is 28.5 Å². The predicted octanol–water partition coefficient (Wildman–Crippen LogP) is 3.76. The average Bonchev–Trinajstić information content (AvgIpc) is 2.52. The highest BCUT2D eigenvalue weighted by atomic mass is 79.9. The molecule has 0 amide bonds. The number of alkyl halides is 2. The van der Waals surface area contributed by atoms with Crippen LogP contribution in [0.25, 0.3) is 6.08 Å². The molecule has 60 valence electrons. The van der Waals surface area contributed by atoms with E-state index in [9.17, 15) is 0 Å². The molecule has 0 saturated heterocycles. The Bertz CT molecular complexity index is 218. The van der Waals surface area contributed by atoms with E-state index in [4.69, 9.17) is 11.6 Å². The molecule has 0 radical (unpaired) electrons. The molecule has 1 aromatic heterocycles. The Morgan fingerprint density at radius 3 is 3.09 bits per heavy atom. The lowest BCUT2D eigenvalue weighted by atomic mass is 10.3. The highest BCUT2D eigenvalue weighted by molar-refractivity contribution is 9.09. The van der Waals surface area contributed by atoms with E-state index in [2.05, 4.69) is 27.4 Å². The zero-order chi connectivity index (χ0) is 8.10. The lowest BCUT2D eigenvalue weighted by Gasteiger charge is -1.93. The van der Waals surface area contributed by atoms with Crippen LogP contribution >= 0.6 is 38.9 Å². The maximum Gasteiger partial charge on any atom is 0.0616 e. The summed E-state index contributed by atoms with van der Waals surface area (Å²) in [5.41, 5.74) is 0. The minimum absolute atomic E-state index is 0.0945. The van der Waals surface area contributed by atoms with Crippen molar-refractivity contribution in [2.24, 2.45) is 0 Å². The van der Waals surface area contributed by atoms with Crippen LogP contribution in [-0.2, 0) is 0 Å². The van der Waals surface area contributed by atoms with Crippen molar-refractivity contribution in [2.75, 3.05) is 5.33 Å². The Morgan fingerprint density at radius 1 is 1.73 bits per heavy atom. The van der Waals surface area contributed by atoms with Crippen molar-refractivity contribution in [1.82, 2.24) is 0 Å². The summed E-state index contributed by atoms with van der Waals surface area (Å²) in [5, 5.41) is 2.95. The van der Waals surface area contributed by atoms with Gasteiger partial charge in [-0.15, -0.1) is 22.9 Å². The lowest BCUT2D eigenvalue weighted by Crippen LogP contribution is -1.91. The third kappa shape index (κ3) is 3.41. The van der Waals surface area contributed by atoms with Crippen molar-refractivity contribution in [1.29, 1.82) is 0 Å². The van der Waals surface area contributed by atoms with Gasteiger partial charge in [-0.05, 0) is 17.5 Å². The van der Waals surface area contributed by atoms with Crippen LogP contribution < -0.4 is 0 Å². The molecule has 0 saturated carbocycles. The first-order valence-corrected chi connectivity index (χ1v) is 5.68. The van der Waals surface area contributed by atoms with Gasteiger partial charge in [-0.2, -0.15) is 0 Å². The van der Waals surface area contributed by atoms with Gasteiger partial charge in [0.25, 0.3) is 0 Å². The molecule has 1 unspecified atom stereocenters. The Morgan fingerprint density at radius 2 is 2.55 bits per heavy atom. The Kier molecular flexibility index (Phi) is 4.20. The Labute approximate surface area is 84.0 Å². The van der Waals surface area contributed by atoms with Crippen LogP contribution in [0.3, 0.4) is 0 Å². The molecule has 1 rings (SSSR count). The van der Waals surface area contributed by atoms with Crippen molar-refractivity contribution in [3.8, 4) is 0 Å². The van der Waals surface area contributed by atoms with Gasteiger partial charge in [-0.1, -0.05) is 28.1 Å². The topological polar surface area (TPSA) is 0 Å². The fourth-order valence-electron chi connectivity index (χ4n) is 0.637. The van der Waals surface area contributed by atoms with E-state index in [1.54, 1.807) is 11.3 Å². The zero-order valence-electron chi connectivity index (χ0n) is 5.84. The van der Waals surface area contributed by atoms with Gasteiger partial charge < -0.3 is 0 Å². The summed E-state index contributed by atoms with van der Waals surface area (Å²) in [5.74, 6) is 0. The second kappa shape index (κ2) is 4.96. The fraction of sp³-hybridized carbons (Fsp3) is 0.250. The molecule has 0 aliphatic carbocycles. The van der Waals surface area contributed by atoms with Crippen molar-refractivity contribution >= 4 is 44.9 Å². The van der Waals surface area contributed by atoms with Crippen LogP contribution in [-0.4, -0.2) is 10.7 Å². The highest BCUT2D eigenvalue weighted by Gasteiger charge is 1.94. The fourth-order valence-corrected chi connectivity index (χ4v) is 1.55. The van der Waals surface area contributed by atoms with Crippen LogP contribution in [0.4, 0.5) is 0 Å². The standard InChI is InChI=1S/C8H8BrClS/c9-6-7(10)3-4-8-2-1-5-11-8/h1-5,7H,6H2. The van der Waals surface area contributed by atoms with E-state index < -0.39 is 0 Å². The highest BCUT2D eigenvalue weighted by Crippen LogP contribution is 2.12. The van der Waals surface area contributed by atoms with Gasteiger partial charge in [-0.25, -0.2) is 0 Å². The largest absolute Gasteiger partial charge is 0.144 e. The number of rotatable bonds is 3. The first-order valence-electron chi connectivity index (χ1n) is 3.24. The molecule has 3 heteroatoms.